The van der Waals surface area contributed by atoms with Crippen LogP contribution in [0.2, 0.25) is 5.15 Å². The fourth-order valence-electron chi connectivity index (χ4n) is 2.89. The summed E-state index contributed by atoms with van der Waals surface area (Å²) in [6.07, 6.45) is 3.00. The average Bonchev–Trinajstić information content (AvgIpc) is 2.42. The summed E-state index contributed by atoms with van der Waals surface area (Å²) in [5, 5.41) is 3.39. The van der Waals surface area contributed by atoms with Crippen LogP contribution in [0.5, 0.6) is 0 Å². The van der Waals surface area contributed by atoms with Gasteiger partial charge in [-0.05, 0) is 13.0 Å². The van der Waals surface area contributed by atoms with Crippen molar-refractivity contribution in [2.24, 2.45) is 5.92 Å². The molecular formula is C14H16ClF2N5. The second-order valence-corrected chi connectivity index (χ2v) is 6.11. The number of anilines is 1. The number of pyridine rings is 1. The van der Waals surface area contributed by atoms with Crippen molar-refractivity contribution >= 4 is 28.5 Å². The third kappa shape index (κ3) is 3.41. The zero-order chi connectivity index (χ0) is 15.7. The quantitative estimate of drug-likeness (QED) is 0.878. The summed E-state index contributed by atoms with van der Waals surface area (Å²) in [5.41, 5.74) is 1.21. The molecule has 3 rings (SSSR count). The van der Waals surface area contributed by atoms with Crippen molar-refractivity contribution in [1.82, 2.24) is 19.9 Å². The highest BCUT2D eigenvalue weighted by Crippen LogP contribution is 2.30. The van der Waals surface area contributed by atoms with E-state index in [0.717, 1.165) is 0 Å². The number of fused-ring (bicyclic) bond motifs is 1. The van der Waals surface area contributed by atoms with Crippen molar-refractivity contribution in [3.63, 3.8) is 0 Å². The van der Waals surface area contributed by atoms with E-state index < -0.39 is 5.92 Å². The highest BCUT2D eigenvalue weighted by Gasteiger charge is 2.38. The molecule has 1 fully saturated rings. The first kappa shape index (κ1) is 15.3. The molecule has 0 bridgehead atoms. The first-order chi connectivity index (χ1) is 10.4. The summed E-state index contributed by atoms with van der Waals surface area (Å²) in [5.74, 6) is -2.34. The van der Waals surface area contributed by atoms with Gasteiger partial charge in [-0.25, -0.2) is 18.7 Å². The lowest BCUT2D eigenvalue weighted by molar-refractivity contribution is -0.0754. The van der Waals surface area contributed by atoms with Crippen LogP contribution >= 0.6 is 11.6 Å². The molecule has 22 heavy (non-hydrogen) atoms. The predicted molar refractivity (Wildman–Crippen MR) is 81.4 cm³/mol. The molecular weight excluding hydrogens is 312 g/mol. The molecule has 0 radical (unpaired) electrons. The van der Waals surface area contributed by atoms with Gasteiger partial charge in [0.1, 0.15) is 10.7 Å². The number of likely N-dealkylation sites (tertiary alicyclic amines) is 1. The molecule has 0 aromatic carbocycles. The number of hydrogen-bond acceptors (Lipinski definition) is 5. The molecule has 1 saturated heterocycles. The van der Waals surface area contributed by atoms with Gasteiger partial charge in [0.15, 0.2) is 5.82 Å². The Balaban J connectivity index is 1.77. The third-order valence-corrected chi connectivity index (χ3v) is 3.84. The number of nitrogens with one attached hydrogen (secondary N) is 1. The predicted octanol–water partition coefficient (Wildman–Crippen LogP) is 2.68. The Labute approximate surface area is 131 Å². The zero-order valence-electron chi connectivity index (χ0n) is 12.1. The smallest absolute Gasteiger partial charge is 0.260 e. The van der Waals surface area contributed by atoms with E-state index in [1.165, 1.54) is 0 Å². The standard InChI is InChI=1S/C14H16ClF2N5/c1-22-7-9(5-14(16,17)8-22)6-20-13-12-10(4-11(15)21-13)18-2-3-19-12/h2-4,9H,5-8H2,1H3,(H,20,21). The fourth-order valence-corrected chi connectivity index (χ4v) is 3.08. The maximum atomic E-state index is 13.6. The van der Waals surface area contributed by atoms with E-state index in [2.05, 4.69) is 20.3 Å². The normalized spacial score (nSPS) is 21.9. The summed E-state index contributed by atoms with van der Waals surface area (Å²) in [6.45, 7) is 0.818. The number of halogens is 3. The average molecular weight is 328 g/mol. The molecule has 0 spiro atoms. The number of alkyl halides is 2. The molecule has 118 valence electrons. The maximum Gasteiger partial charge on any atom is 0.260 e. The van der Waals surface area contributed by atoms with Crippen LogP contribution in [-0.4, -0.2) is 52.5 Å². The van der Waals surface area contributed by atoms with Crippen LogP contribution in [-0.2, 0) is 0 Å². The van der Waals surface area contributed by atoms with Crippen LogP contribution in [0.1, 0.15) is 6.42 Å². The van der Waals surface area contributed by atoms with E-state index in [9.17, 15) is 8.78 Å². The lowest BCUT2D eigenvalue weighted by Crippen LogP contribution is -2.46. The van der Waals surface area contributed by atoms with Crippen molar-refractivity contribution in [1.29, 1.82) is 0 Å². The Kier molecular flexibility index (Phi) is 4.10. The molecule has 5 nitrogen and oxygen atoms in total. The van der Waals surface area contributed by atoms with Gasteiger partial charge in [-0.2, -0.15) is 0 Å². The summed E-state index contributed by atoms with van der Waals surface area (Å²) in [6, 6.07) is 1.62. The molecule has 1 atom stereocenters. The Morgan fingerprint density at radius 3 is 2.95 bits per heavy atom. The molecule has 8 heteroatoms. The van der Waals surface area contributed by atoms with Gasteiger partial charge in [0, 0.05) is 38.0 Å². The van der Waals surface area contributed by atoms with Crippen molar-refractivity contribution < 1.29 is 8.78 Å². The number of piperidine rings is 1. The number of aromatic nitrogens is 3. The minimum Gasteiger partial charge on any atom is -0.368 e. The van der Waals surface area contributed by atoms with E-state index in [0.29, 0.717) is 35.1 Å². The van der Waals surface area contributed by atoms with Gasteiger partial charge in [-0.3, -0.25) is 4.98 Å². The number of hydrogen-bond donors (Lipinski definition) is 1. The van der Waals surface area contributed by atoms with Crippen LogP contribution in [0.25, 0.3) is 11.0 Å². The van der Waals surface area contributed by atoms with Gasteiger partial charge in [0.2, 0.25) is 0 Å². The lowest BCUT2D eigenvalue weighted by atomic mass is 9.95. The van der Waals surface area contributed by atoms with Crippen LogP contribution in [0.3, 0.4) is 0 Å². The first-order valence-corrected chi connectivity index (χ1v) is 7.38. The second kappa shape index (κ2) is 5.89. The highest BCUT2D eigenvalue weighted by molar-refractivity contribution is 6.30. The molecule has 3 heterocycles. The van der Waals surface area contributed by atoms with Crippen molar-refractivity contribution in [2.75, 3.05) is 32.0 Å². The molecule has 0 saturated carbocycles. The molecule has 0 amide bonds. The van der Waals surface area contributed by atoms with Crippen molar-refractivity contribution in [3.05, 3.63) is 23.6 Å². The molecule has 1 N–H and O–H groups in total. The van der Waals surface area contributed by atoms with E-state index in [4.69, 9.17) is 11.6 Å². The SMILES string of the molecule is CN1CC(CNc2nc(Cl)cc3nccnc23)CC(F)(F)C1. The highest BCUT2D eigenvalue weighted by atomic mass is 35.5. The molecule has 0 aliphatic carbocycles. The van der Waals surface area contributed by atoms with Crippen molar-refractivity contribution in [3.8, 4) is 0 Å². The number of rotatable bonds is 3. The van der Waals surface area contributed by atoms with Crippen LogP contribution in [0.15, 0.2) is 18.5 Å². The molecule has 1 unspecified atom stereocenters. The molecule has 2 aromatic heterocycles. The Bertz CT molecular complexity index is 681. The van der Waals surface area contributed by atoms with Gasteiger partial charge in [0.05, 0.1) is 12.1 Å². The Hall–Kier alpha value is -1.60. The fraction of sp³-hybridized carbons (Fsp3) is 0.500. The summed E-state index contributed by atoms with van der Waals surface area (Å²) in [4.78, 5) is 14.2. The minimum absolute atomic E-state index is 0.130. The summed E-state index contributed by atoms with van der Waals surface area (Å²) in [7, 11) is 1.71. The van der Waals surface area contributed by atoms with Crippen molar-refractivity contribution in [2.45, 2.75) is 12.3 Å². The monoisotopic (exact) mass is 327 g/mol. The molecule has 2 aromatic rings. The van der Waals surface area contributed by atoms with E-state index in [1.54, 1.807) is 30.4 Å². The summed E-state index contributed by atoms with van der Waals surface area (Å²) >= 11 is 5.97. The lowest BCUT2D eigenvalue weighted by Gasteiger charge is -2.35. The number of nitrogens with zero attached hydrogens (tertiary/aromatic N) is 4. The van der Waals surface area contributed by atoms with Crippen LogP contribution in [0, 0.1) is 5.92 Å². The third-order valence-electron chi connectivity index (χ3n) is 3.64. The van der Waals surface area contributed by atoms with E-state index >= 15 is 0 Å². The summed E-state index contributed by atoms with van der Waals surface area (Å²) < 4.78 is 27.2. The largest absolute Gasteiger partial charge is 0.368 e. The first-order valence-electron chi connectivity index (χ1n) is 7.00. The van der Waals surface area contributed by atoms with Gasteiger partial charge < -0.3 is 10.2 Å². The van der Waals surface area contributed by atoms with Gasteiger partial charge in [0.25, 0.3) is 5.92 Å². The Morgan fingerprint density at radius 2 is 2.18 bits per heavy atom. The molecule has 1 aliphatic rings. The maximum absolute atomic E-state index is 13.6. The zero-order valence-corrected chi connectivity index (χ0v) is 12.8. The second-order valence-electron chi connectivity index (χ2n) is 5.72. The topological polar surface area (TPSA) is 53.9 Å². The Morgan fingerprint density at radius 1 is 1.41 bits per heavy atom. The van der Waals surface area contributed by atoms with Gasteiger partial charge in [-0.15, -0.1) is 0 Å². The van der Waals surface area contributed by atoms with E-state index in [1.807, 2.05) is 0 Å². The molecule has 1 aliphatic heterocycles. The van der Waals surface area contributed by atoms with E-state index in [-0.39, 0.29) is 18.9 Å². The van der Waals surface area contributed by atoms with Gasteiger partial charge >= 0.3 is 0 Å². The van der Waals surface area contributed by atoms with Crippen LogP contribution in [0.4, 0.5) is 14.6 Å². The van der Waals surface area contributed by atoms with Crippen LogP contribution < -0.4 is 5.32 Å². The minimum atomic E-state index is -2.65. The van der Waals surface area contributed by atoms with Gasteiger partial charge in [-0.1, -0.05) is 11.6 Å².